The molecule has 2 aliphatic rings. The number of aliphatic imine (C=N–C) groups is 1. The maximum atomic E-state index is 4.72. The number of rotatable bonds is 3. The van der Waals surface area contributed by atoms with Gasteiger partial charge in [0.2, 0.25) is 0 Å². The van der Waals surface area contributed by atoms with Gasteiger partial charge in [-0.05, 0) is 24.5 Å². The van der Waals surface area contributed by atoms with Crippen molar-refractivity contribution in [2.24, 2.45) is 10.9 Å². The van der Waals surface area contributed by atoms with E-state index in [1.165, 1.54) is 12.1 Å². The normalized spacial score (nSPS) is 19.2. The van der Waals surface area contributed by atoms with Gasteiger partial charge in [-0.2, -0.15) is 5.10 Å². The van der Waals surface area contributed by atoms with Gasteiger partial charge in [0, 0.05) is 49.4 Å². The lowest BCUT2D eigenvalue weighted by molar-refractivity contribution is 0.402. The number of amidine groups is 1. The summed E-state index contributed by atoms with van der Waals surface area (Å²) in [6, 6.07) is 12.2. The molecule has 4 heterocycles. The molecule has 5 rings (SSSR count). The number of aromatic nitrogens is 3. The molecule has 0 bridgehead atoms. The topological polar surface area (TPSA) is 57.8 Å². The average molecular weight is 384 g/mol. The van der Waals surface area contributed by atoms with Crippen LogP contribution in [0.5, 0.6) is 0 Å². The zero-order chi connectivity index (χ0) is 19.6. The maximum Gasteiger partial charge on any atom is 0.177 e. The second-order valence-corrected chi connectivity index (χ2v) is 7.71. The second kappa shape index (κ2) is 7.54. The molecule has 1 atom stereocenters. The molecule has 2 aliphatic heterocycles. The van der Waals surface area contributed by atoms with Gasteiger partial charge in [0.1, 0.15) is 5.84 Å². The third-order valence-electron chi connectivity index (χ3n) is 5.48. The zero-order valence-corrected chi connectivity index (χ0v) is 16.5. The van der Waals surface area contributed by atoms with Crippen molar-refractivity contribution in [2.75, 3.05) is 18.4 Å². The van der Waals surface area contributed by atoms with E-state index in [1.807, 2.05) is 42.7 Å². The van der Waals surface area contributed by atoms with E-state index in [9.17, 15) is 0 Å². The van der Waals surface area contributed by atoms with Gasteiger partial charge >= 0.3 is 0 Å². The van der Waals surface area contributed by atoms with Gasteiger partial charge in [-0.1, -0.05) is 43.3 Å². The summed E-state index contributed by atoms with van der Waals surface area (Å²) in [6.07, 6.45) is 12.0. The van der Waals surface area contributed by atoms with Crippen LogP contribution in [-0.2, 0) is 0 Å². The number of hydrogen-bond acceptors (Lipinski definition) is 5. The van der Waals surface area contributed by atoms with Crippen LogP contribution in [0.4, 0.5) is 5.69 Å². The number of likely N-dealkylation sites (tertiary alicyclic amines) is 1. The van der Waals surface area contributed by atoms with Crippen molar-refractivity contribution in [1.29, 1.82) is 0 Å². The number of benzene rings is 1. The molecule has 1 fully saturated rings. The molecule has 6 heteroatoms. The molecule has 3 aromatic rings. The third kappa shape index (κ3) is 3.66. The zero-order valence-electron chi connectivity index (χ0n) is 16.5. The smallest absolute Gasteiger partial charge is 0.177 e. The van der Waals surface area contributed by atoms with E-state index in [1.54, 1.807) is 10.7 Å². The van der Waals surface area contributed by atoms with Crippen molar-refractivity contribution >= 4 is 17.2 Å². The number of anilines is 1. The van der Waals surface area contributed by atoms with Gasteiger partial charge in [-0.25, -0.2) is 14.5 Å². The molecule has 1 saturated heterocycles. The van der Waals surface area contributed by atoms with E-state index in [2.05, 4.69) is 45.4 Å². The fraction of sp³-hybridized carbons (Fsp3) is 0.261. The summed E-state index contributed by atoms with van der Waals surface area (Å²) in [6.45, 7) is 4.56. The van der Waals surface area contributed by atoms with Crippen LogP contribution in [0.15, 0.2) is 77.8 Å². The summed E-state index contributed by atoms with van der Waals surface area (Å²) < 4.78 is 1.80. The van der Waals surface area contributed by atoms with Crippen LogP contribution in [0.2, 0.25) is 0 Å². The Morgan fingerprint density at radius 1 is 1.17 bits per heavy atom. The Morgan fingerprint density at radius 2 is 2.07 bits per heavy atom. The monoisotopic (exact) mass is 384 g/mol. The van der Waals surface area contributed by atoms with Crippen LogP contribution >= 0.6 is 0 Å². The SMILES string of the molecule is CC1CCN(C2=CN=C(Nc3cc(-c4ccccc4)nn4ccnc34)C=CC2)C1. The molecular formula is C23H24N6. The quantitative estimate of drug-likeness (QED) is 0.729. The van der Waals surface area contributed by atoms with Crippen molar-refractivity contribution in [2.45, 2.75) is 19.8 Å². The van der Waals surface area contributed by atoms with E-state index >= 15 is 0 Å². The average Bonchev–Trinajstić information content (AvgIpc) is 3.33. The summed E-state index contributed by atoms with van der Waals surface area (Å²) in [5, 5.41) is 8.14. The second-order valence-electron chi connectivity index (χ2n) is 7.71. The summed E-state index contributed by atoms with van der Waals surface area (Å²) in [5.41, 5.74) is 4.91. The van der Waals surface area contributed by atoms with Crippen LogP contribution < -0.4 is 5.32 Å². The Kier molecular flexibility index (Phi) is 4.60. The summed E-state index contributed by atoms with van der Waals surface area (Å²) in [5.74, 6) is 1.56. The first kappa shape index (κ1) is 17.7. The largest absolute Gasteiger partial charge is 0.373 e. The Labute approximate surface area is 170 Å². The molecule has 0 radical (unpaired) electrons. The van der Waals surface area contributed by atoms with Crippen LogP contribution in [0.3, 0.4) is 0 Å². The van der Waals surface area contributed by atoms with Crippen molar-refractivity contribution < 1.29 is 0 Å². The summed E-state index contributed by atoms with van der Waals surface area (Å²) >= 11 is 0. The number of nitrogens with one attached hydrogen (secondary N) is 1. The van der Waals surface area contributed by atoms with Crippen LogP contribution in [0.1, 0.15) is 19.8 Å². The Balaban J connectivity index is 1.46. The van der Waals surface area contributed by atoms with Crippen molar-refractivity contribution in [3.05, 3.63) is 72.8 Å². The minimum Gasteiger partial charge on any atom is -0.373 e. The molecule has 2 aromatic heterocycles. The van der Waals surface area contributed by atoms with E-state index < -0.39 is 0 Å². The number of hydrogen-bond donors (Lipinski definition) is 1. The predicted molar refractivity (Wildman–Crippen MR) is 117 cm³/mol. The summed E-state index contributed by atoms with van der Waals surface area (Å²) in [4.78, 5) is 11.6. The molecule has 0 spiro atoms. The molecule has 0 amide bonds. The van der Waals surface area contributed by atoms with Crippen LogP contribution in [0.25, 0.3) is 16.9 Å². The Bertz CT molecular complexity index is 1110. The fourth-order valence-electron chi connectivity index (χ4n) is 3.91. The highest BCUT2D eigenvalue weighted by Crippen LogP contribution is 2.25. The minimum atomic E-state index is 0.756. The third-order valence-corrected chi connectivity index (χ3v) is 5.48. The van der Waals surface area contributed by atoms with E-state index in [-0.39, 0.29) is 0 Å². The fourth-order valence-corrected chi connectivity index (χ4v) is 3.91. The van der Waals surface area contributed by atoms with Gasteiger partial charge in [-0.15, -0.1) is 0 Å². The number of imidazole rings is 1. The predicted octanol–water partition coefficient (Wildman–Crippen LogP) is 4.35. The first-order chi connectivity index (χ1) is 14.3. The molecule has 1 aromatic carbocycles. The lowest BCUT2D eigenvalue weighted by Crippen LogP contribution is -2.19. The lowest BCUT2D eigenvalue weighted by Gasteiger charge is -2.19. The van der Waals surface area contributed by atoms with Crippen molar-refractivity contribution in [3.8, 4) is 11.3 Å². The highest BCUT2D eigenvalue weighted by molar-refractivity contribution is 6.06. The lowest BCUT2D eigenvalue weighted by atomic mass is 10.1. The molecule has 1 N–H and O–H groups in total. The first-order valence-electron chi connectivity index (χ1n) is 10.1. The molecule has 6 nitrogen and oxygen atoms in total. The van der Waals surface area contributed by atoms with Crippen LogP contribution in [0, 0.1) is 5.92 Å². The van der Waals surface area contributed by atoms with Crippen molar-refractivity contribution in [3.63, 3.8) is 0 Å². The van der Waals surface area contributed by atoms with Gasteiger partial charge < -0.3 is 10.2 Å². The highest BCUT2D eigenvalue weighted by atomic mass is 15.3. The summed E-state index contributed by atoms with van der Waals surface area (Å²) in [7, 11) is 0. The Morgan fingerprint density at radius 3 is 2.90 bits per heavy atom. The number of nitrogens with zero attached hydrogens (tertiary/aromatic N) is 5. The Hall–Kier alpha value is -3.41. The highest BCUT2D eigenvalue weighted by Gasteiger charge is 2.20. The molecule has 146 valence electrons. The van der Waals surface area contributed by atoms with E-state index in [0.717, 1.165) is 53.9 Å². The van der Waals surface area contributed by atoms with Gasteiger partial charge in [-0.3, -0.25) is 0 Å². The first-order valence-corrected chi connectivity index (χ1v) is 10.1. The van der Waals surface area contributed by atoms with E-state index in [4.69, 9.17) is 4.99 Å². The number of fused-ring (bicyclic) bond motifs is 1. The minimum absolute atomic E-state index is 0.756. The van der Waals surface area contributed by atoms with Gasteiger partial charge in [0.25, 0.3) is 0 Å². The van der Waals surface area contributed by atoms with Crippen LogP contribution in [-0.4, -0.2) is 38.4 Å². The standard InChI is InChI=1S/C23H24N6/c1-17-10-12-28(16-17)19-8-5-9-22(25-15-19)26-21-14-20(18-6-3-2-4-7-18)27-29-13-11-24-23(21)29/h2-7,9,11,13-15,17H,8,10,12,16H2,1H3,(H,25,26). The van der Waals surface area contributed by atoms with E-state index in [0.29, 0.717) is 0 Å². The van der Waals surface area contributed by atoms with Crippen molar-refractivity contribution in [1.82, 2.24) is 19.5 Å². The number of allylic oxidation sites excluding steroid dienone is 1. The molecular weight excluding hydrogens is 360 g/mol. The molecule has 0 aliphatic carbocycles. The molecule has 29 heavy (non-hydrogen) atoms. The van der Waals surface area contributed by atoms with Gasteiger partial charge in [0.15, 0.2) is 5.65 Å². The maximum absolute atomic E-state index is 4.72. The van der Waals surface area contributed by atoms with Gasteiger partial charge in [0.05, 0.1) is 11.4 Å². The molecule has 0 saturated carbocycles. The molecule has 1 unspecified atom stereocenters.